The number of nitrogens with zero attached hydrogens (tertiary/aromatic N) is 2. The number of alkyl halides is 3. The van der Waals surface area contributed by atoms with Gasteiger partial charge in [0.05, 0.1) is 5.56 Å². The summed E-state index contributed by atoms with van der Waals surface area (Å²) in [6.45, 7) is 5.89. The summed E-state index contributed by atoms with van der Waals surface area (Å²) >= 11 is 0. The summed E-state index contributed by atoms with van der Waals surface area (Å²) in [6.07, 6.45) is -0.729. The Morgan fingerprint density at radius 3 is 2.19 bits per heavy atom. The zero-order chi connectivity index (χ0) is 22.0. The van der Waals surface area contributed by atoms with Gasteiger partial charge in [-0.2, -0.15) is 13.2 Å². The Balaban J connectivity index is 2.00. The molecule has 0 fully saturated rings. The van der Waals surface area contributed by atoms with Crippen LogP contribution in [0.2, 0.25) is 0 Å². The molecule has 0 N–H and O–H groups in total. The van der Waals surface area contributed by atoms with Crippen LogP contribution in [0.4, 0.5) is 18.9 Å². The lowest BCUT2D eigenvalue weighted by molar-refractivity contribution is -0.137. The van der Waals surface area contributed by atoms with Crippen LogP contribution in [0.5, 0.6) is 0 Å². The molecule has 5 heteroatoms. The van der Waals surface area contributed by atoms with Crippen molar-refractivity contribution in [2.75, 3.05) is 18.0 Å². The van der Waals surface area contributed by atoms with E-state index >= 15 is 0 Å². The maximum absolute atomic E-state index is 13.1. The zero-order valence-electron chi connectivity index (χ0n) is 17.4. The third kappa shape index (κ3) is 4.00. The van der Waals surface area contributed by atoms with Gasteiger partial charge in [-0.25, -0.2) is 0 Å². The van der Waals surface area contributed by atoms with Crippen molar-refractivity contribution in [1.29, 1.82) is 0 Å². The van der Waals surface area contributed by atoms with E-state index in [0.29, 0.717) is 0 Å². The number of anilines is 1. The Hall–Kier alpha value is -3.34. The lowest BCUT2D eigenvalue weighted by Gasteiger charge is -2.25. The standard InChI is InChI=1S/C26H23F3N2/c1-3-31(4-2)24-15-16-30-17-23(24)25-21-8-6-5-7-18(21)11-14-22(25)19-9-12-20(13-10-19)26(27,28)29/h5-17H,3-4H2,1-2H3. The fraction of sp³-hybridized carbons (Fsp3) is 0.192. The highest BCUT2D eigenvalue weighted by atomic mass is 19.4. The average Bonchev–Trinajstić information content (AvgIpc) is 2.79. The summed E-state index contributed by atoms with van der Waals surface area (Å²) in [6, 6.07) is 19.4. The molecule has 31 heavy (non-hydrogen) atoms. The molecule has 1 heterocycles. The topological polar surface area (TPSA) is 16.1 Å². The molecule has 1 aromatic heterocycles. The molecule has 0 aliphatic carbocycles. The molecule has 158 valence electrons. The second-order valence-electron chi connectivity index (χ2n) is 7.35. The maximum Gasteiger partial charge on any atom is 0.416 e. The van der Waals surface area contributed by atoms with E-state index in [4.69, 9.17) is 0 Å². The van der Waals surface area contributed by atoms with Crippen LogP contribution >= 0.6 is 0 Å². The van der Waals surface area contributed by atoms with Crippen LogP contribution in [0.25, 0.3) is 33.0 Å². The predicted molar refractivity (Wildman–Crippen MR) is 121 cm³/mol. The van der Waals surface area contributed by atoms with Crippen molar-refractivity contribution in [3.05, 3.63) is 84.7 Å². The molecular weight excluding hydrogens is 397 g/mol. The van der Waals surface area contributed by atoms with Crippen molar-refractivity contribution in [2.24, 2.45) is 0 Å². The molecule has 0 aliphatic heterocycles. The summed E-state index contributed by atoms with van der Waals surface area (Å²) < 4.78 is 39.2. The molecule has 0 saturated carbocycles. The number of hydrogen-bond donors (Lipinski definition) is 0. The number of halogens is 3. The van der Waals surface area contributed by atoms with Crippen molar-refractivity contribution in [3.8, 4) is 22.3 Å². The number of pyridine rings is 1. The SMILES string of the molecule is CCN(CC)c1ccncc1-c1c(-c2ccc(C(F)(F)F)cc2)ccc2ccccc12. The number of fused-ring (bicyclic) bond motifs is 1. The van der Waals surface area contributed by atoms with Gasteiger partial charge in [0.2, 0.25) is 0 Å². The second kappa shape index (κ2) is 8.42. The Kier molecular flexibility index (Phi) is 5.68. The monoisotopic (exact) mass is 420 g/mol. The van der Waals surface area contributed by atoms with E-state index < -0.39 is 11.7 Å². The summed E-state index contributed by atoms with van der Waals surface area (Å²) in [4.78, 5) is 6.64. The molecule has 3 aromatic carbocycles. The van der Waals surface area contributed by atoms with Crippen LogP contribution < -0.4 is 4.90 Å². The van der Waals surface area contributed by atoms with Crippen molar-refractivity contribution >= 4 is 16.5 Å². The molecular formula is C26H23F3N2. The Bertz CT molecular complexity index is 1190. The van der Waals surface area contributed by atoms with E-state index in [2.05, 4.69) is 29.8 Å². The average molecular weight is 420 g/mol. The van der Waals surface area contributed by atoms with Gasteiger partial charge in [0.15, 0.2) is 0 Å². The minimum Gasteiger partial charge on any atom is -0.371 e. The van der Waals surface area contributed by atoms with Gasteiger partial charge >= 0.3 is 6.18 Å². The summed E-state index contributed by atoms with van der Waals surface area (Å²) in [5.41, 5.74) is 3.98. The molecule has 0 bridgehead atoms. The minimum atomic E-state index is -4.36. The highest BCUT2D eigenvalue weighted by molar-refractivity contribution is 6.06. The van der Waals surface area contributed by atoms with Gasteiger partial charge in [-0.3, -0.25) is 4.98 Å². The highest BCUT2D eigenvalue weighted by Crippen LogP contribution is 2.42. The van der Waals surface area contributed by atoms with E-state index in [1.165, 1.54) is 0 Å². The van der Waals surface area contributed by atoms with Crippen LogP contribution in [0, 0.1) is 0 Å². The second-order valence-corrected chi connectivity index (χ2v) is 7.35. The Labute approximate surface area is 180 Å². The van der Waals surface area contributed by atoms with Gasteiger partial charge in [0.25, 0.3) is 0 Å². The quantitative estimate of drug-likeness (QED) is 0.334. The first-order chi connectivity index (χ1) is 14.9. The van der Waals surface area contributed by atoms with Crippen LogP contribution in [-0.2, 0) is 6.18 Å². The van der Waals surface area contributed by atoms with Crippen molar-refractivity contribution in [2.45, 2.75) is 20.0 Å². The van der Waals surface area contributed by atoms with Gasteiger partial charge in [0.1, 0.15) is 0 Å². The van der Waals surface area contributed by atoms with Gasteiger partial charge < -0.3 is 4.90 Å². The van der Waals surface area contributed by atoms with E-state index in [1.807, 2.05) is 42.6 Å². The molecule has 0 aliphatic rings. The summed E-state index contributed by atoms with van der Waals surface area (Å²) in [7, 11) is 0. The van der Waals surface area contributed by atoms with Crippen LogP contribution in [-0.4, -0.2) is 18.1 Å². The largest absolute Gasteiger partial charge is 0.416 e. The third-order valence-corrected chi connectivity index (χ3v) is 5.62. The molecule has 2 nitrogen and oxygen atoms in total. The van der Waals surface area contributed by atoms with Gasteiger partial charge in [-0.15, -0.1) is 0 Å². The number of hydrogen-bond acceptors (Lipinski definition) is 2. The molecule has 4 aromatic rings. The zero-order valence-corrected chi connectivity index (χ0v) is 17.4. The van der Waals surface area contributed by atoms with Crippen LogP contribution in [0.3, 0.4) is 0 Å². The third-order valence-electron chi connectivity index (χ3n) is 5.62. The fourth-order valence-corrected chi connectivity index (χ4v) is 4.06. The van der Waals surface area contributed by atoms with Crippen LogP contribution in [0.1, 0.15) is 19.4 Å². The van der Waals surface area contributed by atoms with Crippen molar-refractivity contribution in [3.63, 3.8) is 0 Å². The van der Waals surface area contributed by atoms with E-state index in [1.54, 1.807) is 18.3 Å². The van der Waals surface area contributed by atoms with Gasteiger partial charge in [-0.1, -0.05) is 48.5 Å². The highest BCUT2D eigenvalue weighted by Gasteiger charge is 2.30. The van der Waals surface area contributed by atoms with Gasteiger partial charge in [-0.05, 0) is 53.9 Å². The minimum absolute atomic E-state index is 0.649. The number of benzene rings is 3. The first kappa shape index (κ1) is 20.9. The predicted octanol–water partition coefficient (Wildman–Crippen LogP) is 7.43. The van der Waals surface area contributed by atoms with E-state index in [0.717, 1.165) is 63.9 Å². The number of aromatic nitrogens is 1. The molecule has 0 unspecified atom stereocenters. The number of rotatable bonds is 5. The van der Waals surface area contributed by atoms with Crippen LogP contribution in [0.15, 0.2) is 79.1 Å². The first-order valence-electron chi connectivity index (χ1n) is 10.3. The van der Waals surface area contributed by atoms with E-state index in [9.17, 15) is 13.2 Å². The normalized spacial score (nSPS) is 11.6. The molecule has 0 atom stereocenters. The summed E-state index contributed by atoms with van der Waals surface area (Å²) in [5, 5.41) is 2.11. The fourth-order valence-electron chi connectivity index (χ4n) is 4.06. The first-order valence-corrected chi connectivity index (χ1v) is 10.3. The Morgan fingerprint density at radius 1 is 0.806 bits per heavy atom. The Morgan fingerprint density at radius 2 is 1.52 bits per heavy atom. The smallest absolute Gasteiger partial charge is 0.371 e. The van der Waals surface area contributed by atoms with E-state index in [-0.39, 0.29) is 0 Å². The van der Waals surface area contributed by atoms with Crippen molar-refractivity contribution < 1.29 is 13.2 Å². The lowest BCUT2D eigenvalue weighted by Crippen LogP contribution is -2.22. The molecule has 0 amide bonds. The molecule has 4 rings (SSSR count). The molecule has 0 saturated heterocycles. The maximum atomic E-state index is 13.1. The summed E-state index contributed by atoms with van der Waals surface area (Å²) in [5.74, 6) is 0. The van der Waals surface area contributed by atoms with Crippen molar-refractivity contribution in [1.82, 2.24) is 4.98 Å². The van der Waals surface area contributed by atoms with Gasteiger partial charge in [0, 0.05) is 42.3 Å². The molecule has 0 radical (unpaired) electrons. The lowest BCUT2D eigenvalue weighted by atomic mass is 9.89. The molecule has 0 spiro atoms.